The van der Waals surface area contributed by atoms with Gasteiger partial charge in [0.05, 0.1) is 12.2 Å². The van der Waals surface area contributed by atoms with Crippen LogP contribution < -0.4 is 5.73 Å². The van der Waals surface area contributed by atoms with E-state index in [4.69, 9.17) is 10.5 Å². The lowest BCUT2D eigenvalue weighted by Gasteiger charge is -2.03. The van der Waals surface area contributed by atoms with E-state index in [9.17, 15) is 4.79 Å². The Morgan fingerprint density at radius 2 is 2.31 bits per heavy atom. The molecule has 3 nitrogen and oxygen atoms in total. The van der Waals surface area contributed by atoms with Crippen LogP contribution in [0.15, 0.2) is 23.1 Å². The topological polar surface area (TPSA) is 52.3 Å². The summed E-state index contributed by atoms with van der Waals surface area (Å²) >= 11 is 4.09. The second kappa shape index (κ2) is 4.18. The third-order valence-corrected chi connectivity index (χ3v) is 1.95. The molecule has 0 aliphatic carbocycles. The molecule has 0 saturated heterocycles. The quantitative estimate of drug-likeness (QED) is 0.431. The van der Waals surface area contributed by atoms with Crippen LogP contribution in [0.1, 0.15) is 17.3 Å². The maximum Gasteiger partial charge on any atom is 0.338 e. The minimum absolute atomic E-state index is 0.359. The first-order chi connectivity index (χ1) is 6.15. The molecule has 0 atom stereocenters. The van der Waals surface area contributed by atoms with Crippen molar-refractivity contribution in [1.29, 1.82) is 0 Å². The van der Waals surface area contributed by atoms with Crippen LogP contribution in [0, 0.1) is 0 Å². The number of benzene rings is 1. The van der Waals surface area contributed by atoms with Gasteiger partial charge in [-0.15, -0.1) is 12.6 Å². The van der Waals surface area contributed by atoms with Crippen LogP contribution in [0.3, 0.4) is 0 Å². The Morgan fingerprint density at radius 3 is 2.85 bits per heavy atom. The van der Waals surface area contributed by atoms with E-state index in [0.29, 0.717) is 22.8 Å². The average Bonchev–Trinajstić information content (AvgIpc) is 2.10. The van der Waals surface area contributed by atoms with Gasteiger partial charge in [0.15, 0.2) is 0 Å². The molecule has 0 fully saturated rings. The van der Waals surface area contributed by atoms with E-state index in [-0.39, 0.29) is 5.97 Å². The Kier molecular flexibility index (Phi) is 3.19. The predicted octanol–water partition coefficient (Wildman–Crippen LogP) is 1.73. The normalized spacial score (nSPS) is 9.69. The van der Waals surface area contributed by atoms with E-state index < -0.39 is 0 Å². The summed E-state index contributed by atoms with van der Waals surface area (Å²) in [7, 11) is 0. The highest BCUT2D eigenvalue weighted by Crippen LogP contribution is 2.18. The van der Waals surface area contributed by atoms with Crippen molar-refractivity contribution in [2.45, 2.75) is 11.8 Å². The highest BCUT2D eigenvalue weighted by molar-refractivity contribution is 7.80. The summed E-state index contributed by atoms with van der Waals surface area (Å²) in [5.41, 5.74) is 6.51. The summed E-state index contributed by atoms with van der Waals surface area (Å²) in [6.45, 7) is 2.12. The van der Waals surface area contributed by atoms with Gasteiger partial charge in [-0.1, -0.05) is 0 Å². The molecule has 1 aromatic rings. The van der Waals surface area contributed by atoms with Crippen molar-refractivity contribution in [3.05, 3.63) is 23.8 Å². The van der Waals surface area contributed by atoms with E-state index in [1.807, 2.05) is 0 Å². The van der Waals surface area contributed by atoms with Crippen LogP contribution in [0.5, 0.6) is 0 Å². The van der Waals surface area contributed by atoms with Gasteiger partial charge in [-0.05, 0) is 25.1 Å². The number of nitrogen functional groups attached to an aromatic ring is 1. The smallest absolute Gasteiger partial charge is 0.338 e. The molecule has 0 heterocycles. The lowest BCUT2D eigenvalue weighted by Crippen LogP contribution is -2.05. The molecule has 0 saturated carbocycles. The van der Waals surface area contributed by atoms with Gasteiger partial charge in [0, 0.05) is 10.6 Å². The number of hydrogen-bond acceptors (Lipinski definition) is 4. The monoisotopic (exact) mass is 197 g/mol. The van der Waals surface area contributed by atoms with Crippen LogP contribution >= 0.6 is 12.6 Å². The largest absolute Gasteiger partial charge is 0.462 e. The Labute approximate surface area is 82.3 Å². The maximum absolute atomic E-state index is 11.2. The standard InChI is InChI=1S/C9H11NO2S/c1-2-12-9(11)6-3-4-8(13)7(10)5-6/h3-5,13H,2,10H2,1H3. The van der Waals surface area contributed by atoms with Crippen LogP contribution in [0.25, 0.3) is 0 Å². The second-order valence-corrected chi connectivity index (χ2v) is 2.98. The third kappa shape index (κ3) is 2.39. The highest BCUT2D eigenvalue weighted by atomic mass is 32.1. The first-order valence-corrected chi connectivity index (χ1v) is 4.35. The molecule has 1 rings (SSSR count). The van der Waals surface area contributed by atoms with Gasteiger partial charge in [0.1, 0.15) is 0 Å². The molecule has 13 heavy (non-hydrogen) atoms. The number of thiol groups is 1. The number of carbonyl (C=O) groups excluding carboxylic acids is 1. The zero-order valence-electron chi connectivity index (χ0n) is 7.28. The average molecular weight is 197 g/mol. The highest BCUT2D eigenvalue weighted by Gasteiger charge is 2.06. The predicted molar refractivity (Wildman–Crippen MR) is 54.1 cm³/mol. The van der Waals surface area contributed by atoms with Crippen molar-refractivity contribution in [3.8, 4) is 0 Å². The molecule has 1 aromatic carbocycles. The van der Waals surface area contributed by atoms with Crippen molar-refractivity contribution < 1.29 is 9.53 Å². The van der Waals surface area contributed by atoms with E-state index in [2.05, 4.69) is 12.6 Å². The molecule has 0 bridgehead atoms. The number of carbonyl (C=O) groups is 1. The van der Waals surface area contributed by atoms with Gasteiger partial charge in [-0.25, -0.2) is 4.79 Å². The molecule has 0 aromatic heterocycles. The minimum Gasteiger partial charge on any atom is -0.462 e. The molecule has 0 amide bonds. The lowest BCUT2D eigenvalue weighted by molar-refractivity contribution is 0.0526. The van der Waals surface area contributed by atoms with Crippen molar-refractivity contribution in [2.75, 3.05) is 12.3 Å². The Balaban J connectivity index is 2.90. The fourth-order valence-corrected chi connectivity index (χ4v) is 1.04. The van der Waals surface area contributed by atoms with Gasteiger partial charge >= 0.3 is 5.97 Å². The Hall–Kier alpha value is -1.16. The molecule has 70 valence electrons. The maximum atomic E-state index is 11.2. The van der Waals surface area contributed by atoms with Gasteiger partial charge in [0.2, 0.25) is 0 Å². The van der Waals surface area contributed by atoms with Gasteiger partial charge in [-0.2, -0.15) is 0 Å². The molecular formula is C9H11NO2S. The van der Waals surface area contributed by atoms with E-state index in [1.165, 1.54) is 0 Å². The van der Waals surface area contributed by atoms with Crippen LogP contribution in [0.2, 0.25) is 0 Å². The van der Waals surface area contributed by atoms with Gasteiger partial charge in [-0.3, -0.25) is 0 Å². The summed E-state index contributed by atoms with van der Waals surface area (Å²) in [4.78, 5) is 11.9. The number of esters is 1. The van der Waals surface area contributed by atoms with Crippen molar-refractivity contribution in [1.82, 2.24) is 0 Å². The summed E-state index contributed by atoms with van der Waals surface area (Å²) in [5.74, 6) is -0.359. The molecule has 0 unspecified atom stereocenters. The summed E-state index contributed by atoms with van der Waals surface area (Å²) in [6.07, 6.45) is 0. The van der Waals surface area contributed by atoms with Crippen molar-refractivity contribution in [3.63, 3.8) is 0 Å². The van der Waals surface area contributed by atoms with Crippen LogP contribution in [-0.4, -0.2) is 12.6 Å². The number of rotatable bonds is 2. The second-order valence-electron chi connectivity index (χ2n) is 2.49. The van der Waals surface area contributed by atoms with Gasteiger partial charge < -0.3 is 10.5 Å². The van der Waals surface area contributed by atoms with Crippen LogP contribution in [-0.2, 0) is 4.74 Å². The Morgan fingerprint density at radius 1 is 1.62 bits per heavy atom. The third-order valence-electron chi connectivity index (χ3n) is 1.54. The molecule has 0 aliphatic heterocycles. The molecule has 2 N–H and O–H groups in total. The fraction of sp³-hybridized carbons (Fsp3) is 0.222. The summed E-state index contributed by atoms with van der Waals surface area (Å²) in [6, 6.07) is 4.86. The zero-order chi connectivity index (χ0) is 9.84. The van der Waals surface area contributed by atoms with Crippen molar-refractivity contribution in [2.24, 2.45) is 0 Å². The van der Waals surface area contributed by atoms with Crippen molar-refractivity contribution >= 4 is 24.3 Å². The molecule has 0 spiro atoms. The first kappa shape index (κ1) is 9.92. The number of anilines is 1. The van der Waals surface area contributed by atoms with E-state index in [1.54, 1.807) is 25.1 Å². The van der Waals surface area contributed by atoms with Crippen LogP contribution in [0.4, 0.5) is 5.69 Å². The molecule has 0 radical (unpaired) electrons. The number of hydrogen-bond donors (Lipinski definition) is 2. The zero-order valence-corrected chi connectivity index (χ0v) is 8.17. The molecular weight excluding hydrogens is 186 g/mol. The first-order valence-electron chi connectivity index (χ1n) is 3.90. The number of ether oxygens (including phenoxy) is 1. The minimum atomic E-state index is -0.359. The SMILES string of the molecule is CCOC(=O)c1ccc(S)c(N)c1. The van der Waals surface area contributed by atoms with E-state index >= 15 is 0 Å². The summed E-state index contributed by atoms with van der Waals surface area (Å²) < 4.78 is 4.80. The number of nitrogens with two attached hydrogens (primary N) is 1. The molecule has 4 heteroatoms. The fourth-order valence-electron chi connectivity index (χ4n) is 0.896. The van der Waals surface area contributed by atoms with Gasteiger partial charge in [0.25, 0.3) is 0 Å². The summed E-state index contributed by atoms with van der Waals surface area (Å²) in [5, 5.41) is 0. The Bertz CT molecular complexity index is 325. The molecule has 0 aliphatic rings. The van der Waals surface area contributed by atoms with E-state index in [0.717, 1.165) is 0 Å². The lowest BCUT2D eigenvalue weighted by atomic mass is 10.2.